The van der Waals surface area contributed by atoms with Crippen LogP contribution in [0.3, 0.4) is 0 Å². The lowest BCUT2D eigenvalue weighted by molar-refractivity contribution is 0.150. The van der Waals surface area contributed by atoms with Crippen molar-refractivity contribution in [1.82, 2.24) is 20.4 Å². The van der Waals surface area contributed by atoms with Crippen LogP contribution in [0.4, 0.5) is 0 Å². The van der Waals surface area contributed by atoms with Crippen LogP contribution < -0.4 is 5.32 Å². The molecule has 6 heteroatoms. The summed E-state index contributed by atoms with van der Waals surface area (Å²) in [7, 11) is 1.62. The maximum absolute atomic E-state index is 5.15. The number of aromatic nitrogens is 2. The highest BCUT2D eigenvalue weighted by Crippen LogP contribution is 2.21. The smallest absolute Gasteiger partial charge is 0.252 e. The Kier molecular flexibility index (Phi) is 4.47. The quantitative estimate of drug-likeness (QED) is 0.812. The molecule has 1 N–H and O–H groups in total. The van der Waals surface area contributed by atoms with Crippen molar-refractivity contribution >= 4 is 0 Å². The van der Waals surface area contributed by atoms with E-state index in [1.807, 2.05) is 0 Å². The Balaban J connectivity index is 2.04. The first-order valence-electron chi connectivity index (χ1n) is 6.11. The molecule has 1 aromatic rings. The van der Waals surface area contributed by atoms with Crippen LogP contribution in [-0.2, 0) is 11.3 Å². The second kappa shape index (κ2) is 6.09. The van der Waals surface area contributed by atoms with E-state index in [0.29, 0.717) is 12.5 Å². The summed E-state index contributed by atoms with van der Waals surface area (Å²) in [4.78, 5) is 6.78. The van der Waals surface area contributed by atoms with Gasteiger partial charge >= 0.3 is 0 Å². The predicted molar refractivity (Wildman–Crippen MR) is 62.5 cm³/mol. The molecule has 1 fully saturated rings. The fourth-order valence-electron chi connectivity index (χ4n) is 2.18. The molecule has 2 heterocycles. The highest BCUT2D eigenvalue weighted by molar-refractivity contribution is 4.95. The highest BCUT2D eigenvalue weighted by Gasteiger charge is 2.24. The topological polar surface area (TPSA) is 63.4 Å². The van der Waals surface area contributed by atoms with Crippen LogP contribution in [0.2, 0.25) is 0 Å². The van der Waals surface area contributed by atoms with Crippen molar-refractivity contribution in [2.24, 2.45) is 0 Å². The van der Waals surface area contributed by atoms with Gasteiger partial charge in [0.25, 0.3) is 5.89 Å². The Bertz CT molecular complexity index is 336. The van der Waals surface area contributed by atoms with Crippen molar-refractivity contribution in [2.45, 2.75) is 26.0 Å². The normalized spacial score (nSPS) is 19.4. The van der Waals surface area contributed by atoms with E-state index in [1.165, 1.54) is 0 Å². The molecule has 0 saturated carbocycles. The molecule has 0 bridgehead atoms. The average Bonchev–Trinajstić information content (AvgIpc) is 2.81. The van der Waals surface area contributed by atoms with Gasteiger partial charge in [-0.1, -0.05) is 12.1 Å². The third-order valence-electron chi connectivity index (χ3n) is 3.03. The van der Waals surface area contributed by atoms with Gasteiger partial charge in [-0.05, 0) is 6.42 Å². The molecule has 0 aliphatic carbocycles. The second-order valence-corrected chi connectivity index (χ2v) is 4.19. The number of methoxy groups -OCH3 is 1. The molecule has 96 valence electrons. The zero-order valence-electron chi connectivity index (χ0n) is 10.5. The van der Waals surface area contributed by atoms with Crippen LogP contribution in [0.1, 0.15) is 31.1 Å². The van der Waals surface area contributed by atoms with Gasteiger partial charge in [-0.25, -0.2) is 0 Å². The first-order chi connectivity index (χ1) is 8.35. The minimum absolute atomic E-state index is 0.256. The Morgan fingerprint density at radius 3 is 2.88 bits per heavy atom. The number of nitrogens with one attached hydrogen (secondary N) is 1. The maximum atomic E-state index is 5.15. The molecule has 1 aliphatic rings. The van der Waals surface area contributed by atoms with Crippen molar-refractivity contribution < 1.29 is 9.26 Å². The molecule has 0 spiro atoms. The summed E-state index contributed by atoms with van der Waals surface area (Å²) < 4.78 is 10.1. The number of hydrogen-bond acceptors (Lipinski definition) is 6. The van der Waals surface area contributed by atoms with E-state index in [4.69, 9.17) is 9.26 Å². The van der Waals surface area contributed by atoms with Crippen LogP contribution in [0.25, 0.3) is 0 Å². The summed E-state index contributed by atoms with van der Waals surface area (Å²) in [6, 6.07) is 0.256. The van der Waals surface area contributed by atoms with E-state index >= 15 is 0 Å². The molecule has 1 aliphatic heterocycles. The summed E-state index contributed by atoms with van der Waals surface area (Å²) in [6.07, 6.45) is 0.992. The van der Waals surface area contributed by atoms with Crippen LogP contribution in [0.5, 0.6) is 0 Å². The van der Waals surface area contributed by atoms with Crippen LogP contribution in [0, 0.1) is 0 Å². The molecule has 6 nitrogen and oxygen atoms in total. The molecule has 0 aromatic carbocycles. The lowest BCUT2D eigenvalue weighted by atomic mass is 10.1. The average molecular weight is 240 g/mol. The SMILES string of the molecule is CCC(c1noc(COC)n1)N1CCNCC1. The van der Waals surface area contributed by atoms with Crippen molar-refractivity contribution in [2.75, 3.05) is 33.3 Å². The number of nitrogens with zero attached hydrogens (tertiary/aromatic N) is 3. The van der Waals surface area contributed by atoms with Crippen LogP contribution >= 0.6 is 0 Å². The molecule has 1 unspecified atom stereocenters. The minimum Gasteiger partial charge on any atom is -0.375 e. The highest BCUT2D eigenvalue weighted by atomic mass is 16.5. The van der Waals surface area contributed by atoms with Gasteiger partial charge in [-0.3, -0.25) is 4.90 Å². The molecule has 0 radical (unpaired) electrons. The molecular formula is C11H20N4O2. The van der Waals surface area contributed by atoms with E-state index in [1.54, 1.807) is 7.11 Å². The Morgan fingerprint density at radius 1 is 1.47 bits per heavy atom. The Morgan fingerprint density at radius 2 is 2.24 bits per heavy atom. The van der Waals surface area contributed by atoms with E-state index in [2.05, 4.69) is 27.3 Å². The van der Waals surface area contributed by atoms with Crippen molar-refractivity contribution in [1.29, 1.82) is 0 Å². The minimum atomic E-state index is 0.256. The monoisotopic (exact) mass is 240 g/mol. The number of ether oxygens (including phenoxy) is 1. The van der Waals surface area contributed by atoms with Crippen molar-refractivity contribution in [3.05, 3.63) is 11.7 Å². The second-order valence-electron chi connectivity index (χ2n) is 4.19. The van der Waals surface area contributed by atoms with Gasteiger partial charge in [0.1, 0.15) is 6.61 Å². The van der Waals surface area contributed by atoms with Gasteiger partial charge in [0.2, 0.25) is 0 Å². The molecular weight excluding hydrogens is 220 g/mol. The fourth-order valence-corrected chi connectivity index (χ4v) is 2.18. The Hall–Kier alpha value is -0.980. The van der Waals surface area contributed by atoms with E-state index in [0.717, 1.165) is 38.4 Å². The van der Waals surface area contributed by atoms with Crippen molar-refractivity contribution in [3.63, 3.8) is 0 Å². The fraction of sp³-hybridized carbons (Fsp3) is 0.818. The van der Waals surface area contributed by atoms with E-state index in [-0.39, 0.29) is 6.04 Å². The summed E-state index contributed by atoms with van der Waals surface area (Å²) in [5, 5.41) is 7.40. The van der Waals surface area contributed by atoms with Gasteiger partial charge in [0.15, 0.2) is 5.82 Å². The van der Waals surface area contributed by atoms with Crippen LogP contribution in [0.15, 0.2) is 4.52 Å². The number of hydrogen-bond donors (Lipinski definition) is 1. The lowest BCUT2D eigenvalue weighted by Gasteiger charge is -2.32. The van der Waals surface area contributed by atoms with E-state index in [9.17, 15) is 0 Å². The summed E-state index contributed by atoms with van der Waals surface area (Å²) >= 11 is 0. The summed E-state index contributed by atoms with van der Waals surface area (Å²) in [5.74, 6) is 1.33. The third-order valence-corrected chi connectivity index (χ3v) is 3.03. The molecule has 1 atom stereocenters. The molecule has 0 amide bonds. The maximum Gasteiger partial charge on any atom is 0.252 e. The van der Waals surface area contributed by atoms with Gasteiger partial charge in [0.05, 0.1) is 6.04 Å². The molecule has 2 rings (SSSR count). The Labute approximate surface area is 101 Å². The number of rotatable bonds is 5. The zero-order chi connectivity index (χ0) is 12.1. The largest absolute Gasteiger partial charge is 0.375 e. The third kappa shape index (κ3) is 3.02. The zero-order valence-corrected chi connectivity index (χ0v) is 10.5. The van der Waals surface area contributed by atoms with Crippen molar-refractivity contribution in [3.8, 4) is 0 Å². The first kappa shape index (κ1) is 12.5. The van der Waals surface area contributed by atoms with E-state index < -0.39 is 0 Å². The van der Waals surface area contributed by atoms with Gasteiger partial charge in [-0.15, -0.1) is 0 Å². The molecule has 1 aromatic heterocycles. The summed E-state index contributed by atoms with van der Waals surface area (Å²) in [6.45, 7) is 6.65. The standard InChI is InChI=1S/C11H20N4O2/c1-3-9(15-6-4-12-5-7-15)11-13-10(8-16-2)17-14-11/h9,12H,3-8H2,1-2H3. The number of piperazine rings is 1. The molecule has 17 heavy (non-hydrogen) atoms. The van der Waals surface area contributed by atoms with Gasteiger partial charge in [-0.2, -0.15) is 4.98 Å². The predicted octanol–water partition coefficient (Wildman–Crippen LogP) is 0.572. The van der Waals surface area contributed by atoms with Gasteiger partial charge in [0, 0.05) is 33.3 Å². The summed E-state index contributed by atoms with van der Waals surface area (Å²) in [5.41, 5.74) is 0. The lowest BCUT2D eigenvalue weighted by Crippen LogP contribution is -2.45. The van der Waals surface area contributed by atoms with Gasteiger partial charge < -0.3 is 14.6 Å². The first-order valence-corrected chi connectivity index (χ1v) is 6.11. The van der Waals surface area contributed by atoms with Crippen LogP contribution in [-0.4, -0.2) is 48.3 Å². The molecule has 1 saturated heterocycles.